The first kappa shape index (κ1) is 22.5. The molecule has 0 spiro atoms. The number of anilines is 1. The van der Waals surface area contributed by atoms with E-state index in [1.165, 1.54) is 0 Å². The van der Waals surface area contributed by atoms with Crippen LogP contribution in [0, 0.1) is 13.8 Å². The van der Waals surface area contributed by atoms with Gasteiger partial charge in [0, 0.05) is 33.8 Å². The van der Waals surface area contributed by atoms with E-state index in [9.17, 15) is 9.59 Å². The standard InChI is InChI=1S/C29H24N2O4S/c1-17-5-3-4-6-22(17)29(33)31-12-11-19-13-21(7-9-23(19)31)28-18(2)36-27(30-28)15-24(32)20-8-10-25-26(14-20)35-16-34-25/h3-10,13-14H,11-12,15-16H2,1-2H3. The van der Waals surface area contributed by atoms with Gasteiger partial charge in [0.05, 0.1) is 12.1 Å². The summed E-state index contributed by atoms with van der Waals surface area (Å²) in [5.74, 6) is 1.29. The maximum Gasteiger partial charge on any atom is 0.258 e. The number of Topliss-reactive ketones (excluding diaryl/α,β-unsaturated/α-hetero) is 1. The van der Waals surface area contributed by atoms with Crippen LogP contribution in [0.15, 0.2) is 60.7 Å². The minimum absolute atomic E-state index is 0.00656. The summed E-state index contributed by atoms with van der Waals surface area (Å²) in [6.07, 6.45) is 1.04. The Hall–Kier alpha value is -3.97. The number of aromatic nitrogens is 1. The lowest BCUT2D eigenvalue weighted by molar-refractivity contribution is 0.0982. The van der Waals surface area contributed by atoms with Crippen LogP contribution >= 0.6 is 11.3 Å². The highest BCUT2D eigenvalue weighted by Gasteiger charge is 2.27. The number of aryl methyl sites for hydroxylation is 2. The van der Waals surface area contributed by atoms with Gasteiger partial charge in [-0.25, -0.2) is 4.98 Å². The van der Waals surface area contributed by atoms with Crippen molar-refractivity contribution in [2.45, 2.75) is 26.7 Å². The molecule has 4 aromatic rings. The predicted molar refractivity (Wildman–Crippen MR) is 139 cm³/mol. The Kier molecular flexibility index (Phi) is 5.57. The van der Waals surface area contributed by atoms with E-state index >= 15 is 0 Å². The monoisotopic (exact) mass is 496 g/mol. The summed E-state index contributed by atoms with van der Waals surface area (Å²) < 4.78 is 10.7. The zero-order valence-electron chi connectivity index (χ0n) is 20.0. The van der Waals surface area contributed by atoms with Crippen LogP contribution in [0.3, 0.4) is 0 Å². The molecule has 3 heterocycles. The van der Waals surface area contributed by atoms with Crippen molar-refractivity contribution in [3.8, 4) is 22.8 Å². The molecule has 1 aromatic heterocycles. The smallest absolute Gasteiger partial charge is 0.258 e. The molecule has 0 atom stereocenters. The zero-order chi connectivity index (χ0) is 24.8. The molecule has 6 nitrogen and oxygen atoms in total. The van der Waals surface area contributed by atoms with E-state index in [2.05, 4.69) is 6.07 Å². The van der Waals surface area contributed by atoms with E-state index in [-0.39, 0.29) is 24.9 Å². The Bertz CT molecular complexity index is 1520. The lowest BCUT2D eigenvalue weighted by Crippen LogP contribution is -2.29. The fraction of sp³-hybridized carbons (Fsp3) is 0.207. The van der Waals surface area contributed by atoms with Crippen molar-refractivity contribution in [1.29, 1.82) is 0 Å². The van der Waals surface area contributed by atoms with Crippen LogP contribution < -0.4 is 14.4 Å². The second-order valence-electron chi connectivity index (χ2n) is 9.05. The third-order valence-corrected chi connectivity index (χ3v) is 7.69. The summed E-state index contributed by atoms with van der Waals surface area (Å²) in [5, 5.41) is 0.780. The van der Waals surface area contributed by atoms with Crippen molar-refractivity contribution in [2.24, 2.45) is 0 Å². The number of rotatable bonds is 5. The molecular weight excluding hydrogens is 472 g/mol. The summed E-state index contributed by atoms with van der Waals surface area (Å²) in [7, 11) is 0. The number of carbonyl (C=O) groups excluding carboxylic acids is 2. The normalized spacial score (nSPS) is 13.7. The molecule has 7 heteroatoms. The number of ketones is 1. The highest BCUT2D eigenvalue weighted by atomic mass is 32.1. The lowest BCUT2D eigenvalue weighted by Gasteiger charge is -2.18. The number of thiazole rings is 1. The number of hydrogen-bond donors (Lipinski definition) is 0. The van der Waals surface area contributed by atoms with Crippen molar-refractivity contribution in [1.82, 2.24) is 4.98 Å². The number of ether oxygens (including phenoxy) is 2. The summed E-state index contributed by atoms with van der Waals surface area (Å²) in [5.41, 5.74) is 6.30. The van der Waals surface area contributed by atoms with E-state index in [0.717, 1.165) is 49.9 Å². The lowest BCUT2D eigenvalue weighted by atomic mass is 10.0. The Morgan fingerprint density at radius 1 is 1.00 bits per heavy atom. The molecule has 180 valence electrons. The van der Waals surface area contributed by atoms with Gasteiger partial charge in [-0.1, -0.05) is 24.3 Å². The first-order chi connectivity index (χ1) is 17.5. The number of nitrogens with zero attached hydrogens (tertiary/aromatic N) is 2. The van der Waals surface area contributed by atoms with Gasteiger partial charge in [-0.2, -0.15) is 0 Å². The van der Waals surface area contributed by atoms with E-state index < -0.39 is 0 Å². The molecule has 0 N–H and O–H groups in total. The van der Waals surface area contributed by atoms with Gasteiger partial charge in [0.15, 0.2) is 17.3 Å². The average Bonchev–Trinajstić information content (AvgIpc) is 3.61. The van der Waals surface area contributed by atoms with E-state index in [0.29, 0.717) is 23.6 Å². The van der Waals surface area contributed by atoms with Gasteiger partial charge >= 0.3 is 0 Å². The predicted octanol–water partition coefficient (Wildman–Crippen LogP) is 5.78. The number of amides is 1. The molecule has 3 aromatic carbocycles. The van der Waals surface area contributed by atoms with Crippen LogP contribution in [0.2, 0.25) is 0 Å². The molecule has 0 saturated carbocycles. The Morgan fingerprint density at radius 2 is 1.83 bits per heavy atom. The van der Waals surface area contributed by atoms with E-state index in [4.69, 9.17) is 14.5 Å². The Morgan fingerprint density at radius 3 is 2.69 bits per heavy atom. The Labute approximate surface area is 213 Å². The molecule has 1 amide bonds. The number of carbonyl (C=O) groups is 2. The maximum absolute atomic E-state index is 13.2. The van der Waals surface area contributed by atoms with Crippen LogP contribution in [-0.4, -0.2) is 30.0 Å². The molecular formula is C29H24N2O4S. The van der Waals surface area contributed by atoms with Gasteiger partial charge in [0.2, 0.25) is 6.79 Å². The molecule has 0 unspecified atom stereocenters. The highest BCUT2D eigenvalue weighted by molar-refractivity contribution is 7.12. The molecule has 2 aliphatic rings. The van der Waals surface area contributed by atoms with Crippen molar-refractivity contribution >= 4 is 28.7 Å². The van der Waals surface area contributed by atoms with Gasteiger partial charge in [0.25, 0.3) is 5.91 Å². The number of benzene rings is 3. The van der Waals surface area contributed by atoms with Crippen LogP contribution in [0.4, 0.5) is 5.69 Å². The number of hydrogen-bond acceptors (Lipinski definition) is 6. The Balaban J connectivity index is 1.22. The quantitative estimate of drug-likeness (QED) is 0.328. The molecule has 36 heavy (non-hydrogen) atoms. The van der Waals surface area contributed by atoms with E-state index in [1.807, 2.05) is 55.1 Å². The van der Waals surface area contributed by atoms with Gasteiger partial charge in [-0.05, 0) is 67.8 Å². The zero-order valence-corrected chi connectivity index (χ0v) is 20.9. The second kappa shape index (κ2) is 8.91. The second-order valence-corrected chi connectivity index (χ2v) is 10.3. The fourth-order valence-corrected chi connectivity index (χ4v) is 5.78. The highest BCUT2D eigenvalue weighted by Crippen LogP contribution is 2.36. The van der Waals surface area contributed by atoms with E-state index in [1.54, 1.807) is 29.5 Å². The fourth-order valence-electron chi connectivity index (χ4n) is 4.82. The molecule has 6 rings (SSSR count). The van der Waals surface area contributed by atoms with Crippen molar-refractivity contribution in [2.75, 3.05) is 18.2 Å². The van der Waals surface area contributed by atoms with Crippen LogP contribution in [-0.2, 0) is 12.8 Å². The molecule has 0 bridgehead atoms. The van der Waals surface area contributed by atoms with Crippen molar-refractivity contribution < 1.29 is 19.1 Å². The van der Waals surface area contributed by atoms with Gasteiger partial charge in [-0.15, -0.1) is 11.3 Å². The molecule has 2 aliphatic heterocycles. The first-order valence-corrected chi connectivity index (χ1v) is 12.7. The SMILES string of the molecule is Cc1ccccc1C(=O)N1CCc2cc(-c3nc(CC(=O)c4ccc5c(c4)OCO5)sc3C)ccc21. The summed E-state index contributed by atoms with van der Waals surface area (Å²) in [4.78, 5) is 33.8. The van der Waals surface area contributed by atoms with Gasteiger partial charge in [-0.3, -0.25) is 9.59 Å². The molecule has 0 saturated heterocycles. The van der Waals surface area contributed by atoms with Crippen LogP contribution in [0.25, 0.3) is 11.3 Å². The number of fused-ring (bicyclic) bond motifs is 2. The largest absolute Gasteiger partial charge is 0.454 e. The molecule has 0 radical (unpaired) electrons. The molecule has 0 aliphatic carbocycles. The van der Waals surface area contributed by atoms with Crippen molar-refractivity contribution in [3.05, 3.63) is 92.8 Å². The minimum Gasteiger partial charge on any atom is -0.454 e. The summed E-state index contributed by atoms with van der Waals surface area (Å²) in [6.45, 7) is 4.84. The third kappa shape index (κ3) is 3.95. The minimum atomic E-state index is -0.00656. The van der Waals surface area contributed by atoms with Crippen molar-refractivity contribution in [3.63, 3.8) is 0 Å². The maximum atomic E-state index is 13.2. The third-order valence-electron chi connectivity index (χ3n) is 6.72. The molecule has 0 fully saturated rings. The van der Waals surface area contributed by atoms with Gasteiger partial charge < -0.3 is 14.4 Å². The summed E-state index contributed by atoms with van der Waals surface area (Å²) >= 11 is 1.54. The van der Waals surface area contributed by atoms with Gasteiger partial charge in [0.1, 0.15) is 5.01 Å². The van der Waals surface area contributed by atoms with Crippen LogP contribution in [0.5, 0.6) is 11.5 Å². The topological polar surface area (TPSA) is 68.7 Å². The first-order valence-electron chi connectivity index (χ1n) is 11.9. The average molecular weight is 497 g/mol. The summed E-state index contributed by atoms with van der Waals surface area (Å²) in [6, 6.07) is 19.1. The van der Waals surface area contributed by atoms with Crippen LogP contribution in [0.1, 0.15) is 41.7 Å².